The SMILES string of the molecule is CC1=[N+]([O-])C(N2CCCCC2)C(O)(c2ccccc2)C1. The molecule has 1 N–H and O–H groups in total. The molecule has 2 heterocycles. The van der Waals surface area contributed by atoms with E-state index in [0.29, 0.717) is 12.1 Å². The van der Waals surface area contributed by atoms with Gasteiger partial charge in [-0.15, -0.1) is 0 Å². The Kier molecular flexibility index (Phi) is 3.52. The highest BCUT2D eigenvalue weighted by Crippen LogP contribution is 2.38. The third-order valence-electron chi connectivity index (χ3n) is 4.56. The van der Waals surface area contributed by atoms with Crippen LogP contribution in [0.25, 0.3) is 0 Å². The van der Waals surface area contributed by atoms with Crippen molar-refractivity contribution in [1.82, 2.24) is 4.90 Å². The molecular formula is C16H22N2O2. The largest absolute Gasteiger partial charge is 0.623 e. The summed E-state index contributed by atoms with van der Waals surface area (Å²) in [6.45, 7) is 3.61. The third kappa shape index (κ3) is 2.13. The molecule has 0 amide bonds. The Balaban J connectivity index is 1.97. The van der Waals surface area contributed by atoms with Gasteiger partial charge in [-0.25, -0.2) is 4.90 Å². The highest BCUT2D eigenvalue weighted by Gasteiger charge is 2.54. The van der Waals surface area contributed by atoms with Gasteiger partial charge < -0.3 is 10.3 Å². The lowest BCUT2D eigenvalue weighted by molar-refractivity contribution is -0.545. The monoisotopic (exact) mass is 274 g/mol. The van der Waals surface area contributed by atoms with Gasteiger partial charge in [0.1, 0.15) is 0 Å². The van der Waals surface area contributed by atoms with Gasteiger partial charge in [0.05, 0.1) is 6.42 Å². The summed E-state index contributed by atoms with van der Waals surface area (Å²) in [7, 11) is 0. The minimum atomic E-state index is -1.09. The fourth-order valence-electron chi connectivity index (χ4n) is 3.55. The maximum atomic E-state index is 12.5. The van der Waals surface area contributed by atoms with Crippen molar-refractivity contribution in [3.63, 3.8) is 0 Å². The first kappa shape index (κ1) is 13.6. The van der Waals surface area contributed by atoms with Gasteiger partial charge in [-0.2, -0.15) is 4.74 Å². The molecule has 0 aromatic heterocycles. The van der Waals surface area contributed by atoms with Crippen molar-refractivity contribution >= 4 is 5.71 Å². The summed E-state index contributed by atoms with van der Waals surface area (Å²) < 4.78 is 1.03. The van der Waals surface area contributed by atoms with Crippen LogP contribution in [0.2, 0.25) is 0 Å². The van der Waals surface area contributed by atoms with Crippen LogP contribution in [0.1, 0.15) is 38.2 Å². The topological polar surface area (TPSA) is 49.5 Å². The van der Waals surface area contributed by atoms with Crippen molar-refractivity contribution in [2.24, 2.45) is 0 Å². The van der Waals surface area contributed by atoms with Crippen LogP contribution in [0.3, 0.4) is 0 Å². The van der Waals surface area contributed by atoms with E-state index in [4.69, 9.17) is 0 Å². The number of nitrogens with zero attached hydrogens (tertiary/aromatic N) is 2. The molecule has 1 fully saturated rings. The van der Waals surface area contributed by atoms with E-state index in [2.05, 4.69) is 4.90 Å². The quantitative estimate of drug-likeness (QED) is 0.663. The maximum absolute atomic E-state index is 12.5. The summed E-state index contributed by atoms with van der Waals surface area (Å²) >= 11 is 0. The Labute approximate surface area is 119 Å². The molecule has 1 saturated heterocycles. The molecule has 0 bridgehead atoms. The number of aliphatic hydroxyl groups is 1. The molecule has 1 aromatic carbocycles. The van der Waals surface area contributed by atoms with Crippen molar-refractivity contribution in [3.8, 4) is 0 Å². The van der Waals surface area contributed by atoms with Gasteiger partial charge in [-0.05, 0) is 18.4 Å². The molecule has 0 radical (unpaired) electrons. The third-order valence-corrected chi connectivity index (χ3v) is 4.56. The smallest absolute Gasteiger partial charge is 0.253 e. The standard InChI is InChI=1S/C16H22N2O2/c1-13-12-16(19,14-8-4-2-5-9-14)15(18(13)20)17-10-6-3-7-11-17/h2,4-5,8-9,15,19H,3,6-7,10-12H2,1H3. The molecule has 2 unspecified atom stereocenters. The molecule has 2 aliphatic rings. The van der Waals surface area contributed by atoms with Crippen LogP contribution in [0, 0.1) is 5.21 Å². The Bertz CT molecular complexity index is 508. The highest BCUT2D eigenvalue weighted by atomic mass is 16.5. The molecule has 4 heteroatoms. The second-order valence-electron chi connectivity index (χ2n) is 6.00. The van der Waals surface area contributed by atoms with Gasteiger partial charge in [0, 0.05) is 20.0 Å². The van der Waals surface area contributed by atoms with E-state index in [1.54, 1.807) is 0 Å². The number of hydroxylamine groups is 1. The summed E-state index contributed by atoms with van der Waals surface area (Å²) in [6, 6.07) is 9.61. The van der Waals surface area contributed by atoms with E-state index in [1.807, 2.05) is 37.3 Å². The summed E-state index contributed by atoms with van der Waals surface area (Å²) in [4.78, 5) is 2.15. The van der Waals surface area contributed by atoms with E-state index in [-0.39, 0.29) is 0 Å². The van der Waals surface area contributed by atoms with Crippen molar-refractivity contribution in [2.45, 2.75) is 44.4 Å². The molecule has 0 aliphatic carbocycles. The average molecular weight is 274 g/mol. The predicted molar refractivity (Wildman–Crippen MR) is 78.5 cm³/mol. The van der Waals surface area contributed by atoms with E-state index < -0.39 is 11.8 Å². The van der Waals surface area contributed by atoms with Crippen molar-refractivity contribution in [2.75, 3.05) is 13.1 Å². The van der Waals surface area contributed by atoms with Crippen LogP contribution >= 0.6 is 0 Å². The number of hydrogen-bond acceptors (Lipinski definition) is 3. The number of rotatable bonds is 2. The number of piperidine rings is 1. The molecule has 4 nitrogen and oxygen atoms in total. The van der Waals surface area contributed by atoms with Gasteiger partial charge in [0.25, 0.3) is 6.17 Å². The average Bonchev–Trinajstić information content (AvgIpc) is 2.72. The Morgan fingerprint density at radius 2 is 1.85 bits per heavy atom. The fraction of sp³-hybridized carbons (Fsp3) is 0.562. The zero-order chi connectivity index (χ0) is 14.2. The molecule has 0 saturated carbocycles. The summed E-state index contributed by atoms with van der Waals surface area (Å²) in [5, 5.41) is 23.7. The molecule has 0 spiro atoms. The van der Waals surface area contributed by atoms with E-state index in [0.717, 1.165) is 36.2 Å². The van der Waals surface area contributed by atoms with Crippen molar-refractivity contribution in [1.29, 1.82) is 0 Å². The minimum Gasteiger partial charge on any atom is -0.623 e. The lowest BCUT2D eigenvalue weighted by Crippen LogP contribution is -2.53. The van der Waals surface area contributed by atoms with Crippen LogP contribution in [0.4, 0.5) is 0 Å². The van der Waals surface area contributed by atoms with Crippen LogP contribution in [-0.4, -0.2) is 39.7 Å². The second-order valence-corrected chi connectivity index (χ2v) is 6.00. The van der Waals surface area contributed by atoms with Crippen LogP contribution < -0.4 is 0 Å². The van der Waals surface area contributed by atoms with E-state index >= 15 is 0 Å². The van der Waals surface area contributed by atoms with Crippen molar-refractivity contribution in [3.05, 3.63) is 41.1 Å². The van der Waals surface area contributed by atoms with Crippen LogP contribution in [-0.2, 0) is 5.60 Å². The normalized spacial score (nSPS) is 31.8. The summed E-state index contributed by atoms with van der Waals surface area (Å²) in [6.07, 6.45) is 3.36. The molecule has 20 heavy (non-hydrogen) atoms. The first-order valence-corrected chi connectivity index (χ1v) is 7.44. The molecule has 2 atom stereocenters. The lowest BCUT2D eigenvalue weighted by Gasteiger charge is -2.37. The van der Waals surface area contributed by atoms with E-state index in [1.165, 1.54) is 6.42 Å². The maximum Gasteiger partial charge on any atom is 0.253 e. The lowest BCUT2D eigenvalue weighted by atomic mass is 9.87. The van der Waals surface area contributed by atoms with Crippen LogP contribution in [0.5, 0.6) is 0 Å². The highest BCUT2D eigenvalue weighted by molar-refractivity contribution is 5.80. The summed E-state index contributed by atoms with van der Waals surface area (Å²) in [5.41, 5.74) is 0.463. The Hall–Kier alpha value is -1.39. The second kappa shape index (κ2) is 5.19. The first-order chi connectivity index (χ1) is 9.63. The molecule has 1 aromatic rings. The molecule has 3 rings (SSSR count). The molecule has 2 aliphatic heterocycles. The first-order valence-electron chi connectivity index (χ1n) is 7.44. The van der Waals surface area contributed by atoms with Gasteiger partial charge >= 0.3 is 0 Å². The number of likely N-dealkylation sites (tertiary alicyclic amines) is 1. The fourth-order valence-corrected chi connectivity index (χ4v) is 3.55. The summed E-state index contributed by atoms with van der Waals surface area (Å²) in [5.74, 6) is 0. The predicted octanol–water partition coefficient (Wildman–Crippen LogP) is 2.06. The molecular weight excluding hydrogens is 252 g/mol. The Morgan fingerprint density at radius 1 is 1.20 bits per heavy atom. The zero-order valence-corrected chi connectivity index (χ0v) is 12.0. The number of hydrogen-bond donors (Lipinski definition) is 1. The van der Waals surface area contributed by atoms with E-state index in [9.17, 15) is 10.3 Å². The number of benzene rings is 1. The van der Waals surface area contributed by atoms with Gasteiger partial charge in [0.2, 0.25) is 0 Å². The van der Waals surface area contributed by atoms with Gasteiger partial charge in [0.15, 0.2) is 11.3 Å². The van der Waals surface area contributed by atoms with Crippen molar-refractivity contribution < 1.29 is 9.85 Å². The van der Waals surface area contributed by atoms with Gasteiger partial charge in [-0.3, -0.25) is 0 Å². The van der Waals surface area contributed by atoms with Gasteiger partial charge in [-0.1, -0.05) is 36.8 Å². The Morgan fingerprint density at radius 3 is 2.50 bits per heavy atom. The zero-order valence-electron chi connectivity index (χ0n) is 12.0. The molecule has 108 valence electrons. The minimum absolute atomic E-state index is 0.418. The van der Waals surface area contributed by atoms with Crippen LogP contribution in [0.15, 0.2) is 30.3 Å².